The molecule has 3 atom stereocenters. The van der Waals surface area contributed by atoms with Crippen molar-refractivity contribution in [3.05, 3.63) is 36.7 Å². The predicted molar refractivity (Wildman–Crippen MR) is 121 cm³/mol. The van der Waals surface area contributed by atoms with Crippen LogP contribution in [0.1, 0.15) is 32.1 Å². The fourth-order valence-electron chi connectivity index (χ4n) is 5.12. The molecular weight excluding hydrogens is 447 g/mol. The Balaban J connectivity index is 1.25. The number of aryl methyl sites for hydroxylation is 1. The van der Waals surface area contributed by atoms with E-state index in [0.29, 0.717) is 18.7 Å². The molecule has 0 aliphatic carbocycles. The van der Waals surface area contributed by atoms with Gasteiger partial charge in [-0.3, -0.25) is 10.00 Å². The van der Waals surface area contributed by atoms with Crippen LogP contribution in [-0.2, 0) is 7.05 Å². The quantitative estimate of drug-likeness (QED) is 0.583. The van der Waals surface area contributed by atoms with Crippen molar-refractivity contribution in [3.8, 4) is 11.1 Å². The number of rotatable bonds is 5. The monoisotopic (exact) mass is 473 g/mol. The minimum atomic E-state index is -4.16. The Morgan fingerprint density at radius 2 is 1.88 bits per heavy atom. The molecule has 4 heterocycles. The average Bonchev–Trinajstić information content (AvgIpc) is 3.33. The molecule has 5 rings (SSSR count). The number of carbonyl (C=O) groups excluding carboxylic acids is 1. The lowest BCUT2D eigenvalue weighted by Gasteiger charge is -2.39. The summed E-state index contributed by atoms with van der Waals surface area (Å²) in [7, 11) is 1.86. The number of carbonyl (C=O) groups is 1. The number of hydrogen-bond donors (Lipinski definition) is 2. The molecule has 0 spiro atoms. The van der Waals surface area contributed by atoms with Gasteiger partial charge in [-0.2, -0.15) is 18.3 Å². The molecule has 2 aliphatic rings. The standard InChI is InChI=1S/C23H26F3N7O/c1-32-13-16(12-28-32)14-2-5-20-15(8-14)9-21(31-30-20)29-22(34)33-18-3-4-19(33)11-17(10-18)27-7-6-23(24,25)26/h2,5,8-9,12-13,17-19,27H,3-4,6-7,10-11H2,1H3,(H,29,31,34)/t17-,18+,19-. The third kappa shape index (κ3) is 4.84. The number of anilines is 1. The molecule has 2 N–H and O–H groups in total. The molecule has 2 aliphatic heterocycles. The number of hydrogen-bond acceptors (Lipinski definition) is 5. The molecule has 8 nitrogen and oxygen atoms in total. The summed E-state index contributed by atoms with van der Waals surface area (Å²) in [5.74, 6) is 0.366. The van der Waals surface area contributed by atoms with Gasteiger partial charge in [0.25, 0.3) is 0 Å². The number of benzene rings is 1. The van der Waals surface area contributed by atoms with Gasteiger partial charge < -0.3 is 10.2 Å². The Bertz CT molecular complexity index is 1180. The Morgan fingerprint density at radius 1 is 1.12 bits per heavy atom. The van der Waals surface area contributed by atoms with Crippen LogP contribution < -0.4 is 10.6 Å². The molecule has 2 bridgehead atoms. The Hall–Kier alpha value is -3.21. The van der Waals surface area contributed by atoms with E-state index in [2.05, 4.69) is 25.9 Å². The third-order valence-electron chi connectivity index (χ3n) is 6.67. The van der Waals surface area contributed by atoms with Crippen molar-refractivity contribution in [2.45, 2.75) is 56.4 Å². The normalized spacial score (nSPS) is 22.4. The number of nitrogens with one attached hydrogen (secondary N) is 2. The molecule has 180 valence electrons. The van der Waals surface area contributed by atoms with Gasteiger partial charge in [0, 0.05) is 48.9 Å². The summed E-state index contributed by atoms with van der Waals surface area (Å²) in [4.78, 5) is 14.9. The zero-order chi connectivity index (χ0) is 23.9. The number of fused-ring (bicyclic) bond motifs is 3. The topological polar surface area (TPSA) is 88.0 Å². The molecule has 2 aromatic heterocycles. The number of amides is 2. The van der Waals surface area contributed by atoms with Crippen LogP contribution in [0.25, 0.3) is 22.0 Å². The van der Waals surface area contributed by atoms with Gasteiger partial charge in [-0.05, 0) is 49.4 Å². The first-order valence-electron chi connectivity index (χ1n) is 11.4. The number of aromatic nitrogens is 4. The van der Waals surface area contributed by atoms with E-state index in [4.69, 9.17) is 0 Å². The molecule has 0 unspecified atom stereocenters. The van der Waals surface area contributed by atoms with E-state index in [9.17, 15) is 18.0 Å². The molecule has 11 heteroatoms. The van der Waals surface area contributed by atoms with Crippen LogP contribution in [0.3, 0.4) is 0 Å². The molecule has 0 saturated carbocycles. The van der Waals surface area contributed by atoms with Gasteiger partial charge >= 0.3 is 12.2 Å². The lowest BCUT2D eigenvalue weighted by Crippen LogP contribution is -2.53. The lowest BCUT2D eigenvalue weighted by molar-refractivity contribution is -0.133. The summed E-state index contributed by atoms with van der Waals surface area (Å²) < 4.78 is 39.1. The smallest absolute Gasteiger partial charge is 0.318 e. The predicted octanol–water partition coefficient (Wildman–Crippen LogP) is 4.10. The Kier molecular flexibility index (Phi) is 5.88. The van der Waals surface area contributed by atoms with E-state index < -0.39 is 12.6 Å². The molecular formula is C23H26F3N7O. The van der Waals surface area contributed by atoms with Crippen LogP contribution in [0.15, 0.2) is 36.7 Å². The minimum absolute atomic E-state index is 0.00439. The summed E-state index contributed by atoms with van der Waals surface area (Å²) in [6.45, 7) is -0.0898. The molecule has 34 heavy (non-hydrogen) atoms. The van der Waals surface area contributed by atoms with E-state index in [1.807, 2.05) is 36.3 Å². The van der Waals surface area contributed by atoms with Crippen LogP contribution >= 0.6 is 0 Å². The third-order valence-corrected chi connectivity index (χ3v) is 6.67. The molecule has 3 aromatic rings. The zero-order valence-corrected chi connectivity index (χ0v) is 18.7. The van der Waals surface area contributed by atoms with Crippen LogP contribution in [0, 0.1) is 0 Å². The molecule has 2 amide bonds. The maximum absolute atomic E-state index is 13.1. The minimum Gasteiger partial charge on any atom is -0.318 e. The van der Waals surface area contributed by atoms with E-state index in [1.54, 1.807) is 16.9 Å². The van der Waals surface area contributed by atoms with Gasteiger partial charge in [0.1, 0.15) is 0 Å². The fourth-order valence-corrected chi connectivity index (χ4v) is 5.12. The van der Waals surface area contributed by atoms with Crippen LogP contribution in [0.2, 0.25) is 0 Å². The number of urea groups is 1. The van der Waals surface area contributed by atoms with Crippen LogP contribution in [0.5, 0.6) is 0 Å². The number of nitrogens with zero attached hydrogens (tertiary/aromatic N) is 5. The van der Waals surface area contributed by atoms with Crippen molar-refractivity contribution in [2.75, 3.05) is 11.9 Å². The summed E-state index contributed by atoms with van der Waals surface area (Å²) in [6.07, 6.45) is 1.73. The Labute approximate surface area is 194 Å². The number of piperidine rings is 1. The van der Waals surface area contributed by atoms with Gasteiger partial charge in [-0.15, -0.1) is 10.2 Å². The van der Waals surface area contributed by atoms with E-state index >= 15 is 0 Å². The van der Waals surface area contributed by atoms with Crippen molar-refractivity contribution in [1.29, 1.82) is 0 Å². The highest BCUT2D eigenvalue weighted by molar-refractivity contribution is 5.92. The maximum Gasteiger partial charge on any atom is 0.390 e. The van der Waals surface area contributed by atoms with Gasteiger partial charge in [0.15, 0.2) is 5.82 Å². The number of alkyl halides is 3. The van der Waals surface area contributed by atoms with Crippen molar-refractivity contribution in [1.82, 2.24) is 30.2 Å². The summed E-state index contributed by atoms with van der Waals surface area (Å²) in [6, 6.07) is 7.39. The summed E-state index contributed by atoms with van der Waals surface area (Å²) >= 11 is 0. The first-order chi connectivity index (χ1) is 16.2. The van der Waals surface area contributed by atoms with Gasteiger partial charge in [0.05, 0.1) is 18.1 Å². The van der Waals surface area contributed by atoms with Gasteiger partial charge in [0.2, 0.25) is 0 Å². The molecule has 0 radical (unpaired) electrons. The SMILES string of the molecule is Cn1cc(-c2ccc3nnc(NC(=O)N4[C@@H]5CC[C@H]4C[C@@H](NCCC(F)(F)F)C5)cc3c2)cn1. The second kappa shape index (κ2) is 8.86. The van der Waals surface area contributed by atoms with Crippen molar-refractivity contribution < 1.29 is 18.0 Å². The highest BCUT2D eigenvalue weighted by Gasteiger charge is 2.43. The van der Waals surface area contributed by atoms with Gasteiger partial charge in [-0.25, -0.2) is 4.79 Å². The lowest BCUT2D eigenvalue weighted by atomic mass is 9.97. The zero-order valence-electron chi connectivity index (χ0n) is 18.7. The Morgan fingerprint density at radius 3 is 2.56 bits per heavy atom. The number of halogens is 3. The van der Waals surface area contributed by atoms with Crippen LogP contribution in [0.4, 0.5) is 23.8 Å². The second-order valence-corrected chi connectivity index (χ2v) is 9.12. The van der Waals surface area contributed by atoms with Crippen molar-refractivity contribution >= 4 is 22.8 Å². The fraction of sp³-hybridized carbons (Fsp3) is 0.478. The van der Waals surface area contributed by atoms with Gasteiger partial charge in [-0.1, -0.05) is 6.07 Å². The van der Waals surface area contributed by atoms with E-state index in [-0.39, 0.29) is 30.7 Å². The largest absolute Gasteiger partial charge is 0.390 e. The average molecular weight is 474 g/mol. The second-order valence-electron chi connectivity index (χ2n) is 9.12. The van der Waals surface area contributed by atoms with Crippen molar-refractivity contribution in [2.24, 2.45) is 7.05 Å². The molecule has 1 aromatic carbocycles. The summed E-state index contributed by atoms with van der Waals surface area (Å²) in [5.41, 5.74) is 2.69. The summed E-state index contributed by atoms with van der Waals surface area (Å²) in [5, 5.41) is 19.3. The first kappa shape index (κ1) is 22.6. The van der Waals surface area contributed by atoms with Crippen molar-refractivity contribution in [3.63, 3.8) is 0 Å². The molecule has 2 fully saturated rings. The highest BCUT2D eigenvalue weighted by atomic mass is 19.4. The van der Waals surface area contributed by atoms with Crippen LogP contribution in [-0.4, -0.2) is 61.8 Å². The van der Waals surface area contributed by atoms with E-state index in [0.717, 1.165) is 34.9 Å². The molecule has 2 saturated heterocycles. The maximum atomic E-state index is 13.1. The first-order valence-corrected chi connectivity index (χ1v) is 11.4. The van der Waals surface area contributed by atoms with E-state index in [1.165, 1.54) is 0 Å². The highest BCUT2D eigenvalue weighted by Crippen LogP contribution is 2.36.